The summed E-state index contributed by atoms with van der Waals surface area (Å²) < 4.78 is 62.9. The van der Waals surface area contributed by atoms with Gasteiger partial charge in [-0.15, -0.1) is 0 Å². The molecule has 0 atom stereocenters. The van der Waals surface area contributed by atoms with Gasteiger partial charge in [-0.1, -0.05) is 18.2 Å². The van der Waals surface area contributed by atoms with E-state index in [0.29, 0.717) is 5.69 Å². The Labute approximate surface area is 155 Å². The summed E-state index contributed by atoms with van der Waals surface area (Å²) in [5.41, 5.74) is 1.26. The second-order valence-corrected chi connectivity index (χ2v) is 8.04. The monoisotopic (exact) mass is 400 g/mol. The maximum absolute atomic E-state index is 12.7. The van der Waals surface area contributed by atoms with Crippen LogP contribution in [0.4, 0.5) is 24.5 Å². The van der Waals surface area contributed by atoms with Crippen LogP contribution in [-0.4, -0.2) is 27.1 Å². The maximum atomic E-state index is 12.7. The summed E-state index contributed by atoms with van der Waals surface area (Å²) in [4.78, 5) is 12.4. The number of hydrogen-bond acceptors (Lipinski definition) is 3. The lowest BCUT2D eigenvalue weighted by molar-refractivity contribution is -0.137. The minimum absolute atomic E-state index is 0.0258. The third-order valence-corrected chi connectivity index (χ3v) is 5.06. The minimum Gasteiger partial charge on any atom is -0.324 e. The predicted octanol–water partition coefficient (Wildman–Crippen LogP) is 3.73. The van der Waals surface area contributed by atoms with Gasteiger partial charge in [-0.05, 0) is 49.2 Å². The van der Waals surface area contributed by atoms with Crippen molar-refractivity contribution in [1.82, 2.24) is 0 Å². The van der Waals surface area contributed by atoms with E-state index in [1.807, 2.05) is 6.07 Å². The van der Waals surface area contributed by atoms with Crippen LogP contribution in [-0.2, 0) is 21.0 Å². The number of aryl methyl sites for hydroxylation is 2. The number of anilines is 2. The Hall–Kier alpha value is -2.55. The first-order valence-electron chi connectivity index (χ1n) is 7.90. The fraction of sp³-hybridized carbons (Fsp3) is 0.278. The minimum atomic E-state index is -4.53. The van der Waals surface area contributed by atoms with E-state index in [9.17, 15) is 26.4 Å². The second-order valence-electron chi connectivity index (χ2n) is 6.13. The number of carbonyl (C=O) groups is 1. The van der Waals surface area contributed by atoms with Crippen molar-refractivity contribution in [2.45, 2.75) is 20.0 Å². The van der Waals surface area contributed by atoms with Crippen molar-refractivity contribution in [3.05, 3.63) is 59.2 Å². The highest BCUT2D eigenvalue weighted by atomic mass is 32.2. The SMILES string of the molecule is Cc1cccc(C)c1NC(=O)CN(c1ccc(C(F)(F)F)cc1)S(C)(=O)=O. The molecule has 0 bridgehead atoms. The Balaban J connectivity index is 2.26. The number of halogens is 3. The molecule has 146 valence electrons. The largest absolute Gasteiger partial charge is 0.416 e. The molecule has 0 saturated heterocycles. The second kappa shape index (κ2) is 7.59. The van der Waals surface area contributed by atoms with Crippen LogP contribution < -0.4 is 9.62 Å². The molecule has 27 heavy (non-hydrogen) atoms. The van der Waals surface area contributed by atoms with Gasteiger partial charge in [0.25, 0.3) is 0 Å². The van der Waals surface area contributed by atoms with Crippen molar-refractivity contribution in [3.63, 3.8) is 0 Å². The van der Waals surface area contributed by atoms with Gasteiger partial charge in [0.15, 0.2) is 0 Å². The zero-order valence-electron chi connectivity index (χ0n) is 15.0. The standard InChI is InChI=1S/C18H19F3N2O3S/c1-12-5-4-6-13(2)17(12)22-16(24)11-23(27(3,25)26)15-9-7-14(8-10-15)18(19,20)21/h4-10H,11H2,1-3H3,(H,22,24). The lowest BCUT2D eigenvalue weighted by Gasteiger charge is -2.23. The molecular formula is C18H19F3N2O3S. The highest BCUT2D eigenvalue weighted by Crippen LogP contribution is 2.31. The Morgan fingerprint density at radius 1 is 1.04 bits per heavy atom. The number of sulfonamides is 1. The fourth-order valence-electron chi connectivity index (χ4n) is 2.54. The van der Waals surface area contributed by atoms with Gasteiger partial charge in [0.2, 0.25) is 15.9 Å². The maximum Gasteiger partial charge on any atom is 0.416 e. The average Bonchev–Trinajstić information content (AvgIpc) is 2.54. The molecule has 1 N–H and O–H groups in total. The molecule has 2 aromatic carbocycles. The summed E-state index contributed by atoms with van der Waals surface area (Å²) in [7, 11) is -3.88. The molecular weight excluding hydrogens is 381 g/mol. The number of hydrogen-bond donors (Lipinski definition) is 1. The first kappa shape index (κ1) is 20.8. The Bertz CT molecular complexity index is 919. The average molecular weight is 400 g/mol. The molecule has 0 spiro atoms. The van der Waals surface area contributed by atoms with Gasteiger partial charge in [-0.25, -0.2) is 8.42 Å². The number of alkyl halides is 3. The van der Waals surface area contributed by atoms with E-state index in [1.165, 1.54) is 0 Å². The summed E-state index contributed by atoms with van der Waals surface area (Å²) in [5.74, 6) is -0.599. The van der Waals surface area contributed by atoms with Gasteiger partial charge in [0.05, 0.1) is 17.5 Å². The summed E-state index contributed by atoms with van der Waals surface area (Å²) in [6.07, 6.45) is -3.65. The van der Waals surface area contributed by atoms with Crippen LogP contribution in [0.15, 0.2) is 42.5 Å². The quantitative estimate of drug-likeness (QED) is 0.832. The van der Waals surface area contributed by atoms with Crippen molar-refractivity contribution in [3.8, 4) is 0 Å². The fourth-order valence-corrected chi connectivity index (χ4v) is 3.39. The molecule has 2 rings (SSSR count). The summed E-state index contributed by atoms with van der Waals surface area (Å²) in [6, 6.07) is 9.02. The number of carbonyl (C=O) groups excluding carboxylic acids is 1. The molecule has 0 aliphatic heterocycles. The molecule has 0 aromatic heterocycles. The topological polar surface area (TPSA) is 66.5 Å². The molecule has 2 aromatic rings. The molecule has 0 fully saturated rings. The zero-order valence-corrected chi connectivity index (χ0v) is 15.8. The highest BCUT2D eigenvalue weighted by molar-refractivity contribution is 7.92. The van der Waals surface area contributed by atoms with Crippen molar-refractivity contribution in [1.29, 1.82) is 0 Å². The summed E-state index contributed by atoms with van der Waals surface area (Å²) in [6.45, 7) is 3.04. The van der Waals surface area contributed by atoms with Gasteiger partial charge < -0.3 is 5.32 Å². The lowest BCUT2D eigenvalue weighted by Crippen LogP contribution is -2.37. The van der Waals surface area contributed by atoms with Crippen LogP contribution in [0.3, 0.4) is 0 Å². The Morgan fingerprint density at radius 2 is 1.56 bits per heavy atom. The van der Waals surface area contributed by atoms with Crippen LogP contribution in [0.2, 0.25) is 0 Å². The molecule has 5 nitrogen and oxygen atoms in total. The third kappa shape index (κ3) is 5.22. The van der Waals surface area contributed by atoms with Gasteiger partial charge in [0, 0.05) is 5.69 Å². The number of para-hydroxylation sites is 1. The van der Waals surface area contributed by atoms with Crippen molar-refractivity contribution >= 4 is 27.3 Å². The van der Waals surface area contributed by atoms with Crippen molar-refractivity contribution < 1.29 is 26.4 Å². The highest BCUT2D eigenvalue weighted by Gasteiger charge is 2.31. The van der Waals surface area contributed by atoms with Crippen molar-refractivity contribution in [2.75, 3.05) is 22.4 Å². The first-order chi connectivity index (χ1) is 12.4. The van der Waals surface area contributed by atoms with Gasteiger partial charge in [-0.2, -0.15) is 13.2 Å². The van der Waals surface area contributed by atoms with Crippen LogP contribution in [0.5, 0.6) is 0 Å². The van der Waals surface area contributed by atoms with Crippen LogP contribution in [0, 0.1) is 13.8 Å². The molecule has 0 unspecified atom stereocenters. The van der Waals surface area contributed by atoms with E-state index < -0.39 is 34.2 Å². The summed E-state index contributed by atoms with van der Waals surface area (Å²) >= 11 is 0. The van der Waals surface area contributed by atoms with Crippen LogP contribution in [0.25, 0.3) is 0 Å². The Kier molecular flexibility index (Phi) is 5.84. The van der Waals surface area contributed by atoms with Crippen LogP contribution in [0.1, 0.15) is 16.7 Å². The number of rotatable bonds is 5. The van der Waals surface area contributed by atoms with E-state index in [2.05, 4.69) is 5.32 Å². The molecule has 9 heteroatoms. The van der Waals surface area contributed by atoms with Gasteiger partial charge in [0.1, 0.15) is 6.54 Å². The van der Waals surface area contributed by atoms with E-state index in [0.717, 1.165) is 46.0 Å². The van der Waals surface area contributed by atoms with E-state index in [-0.39, 0.29) is 5.69 Å². The normalized spacial score (nSPS) is 11.9. The smallest absolute Gasteiger partial charge is 0.324 e. The molecule has 0 heterocycles. The number of amides is 1. The van der Waals surface area contributed by atoms with Crippen LogP contribution >= 0.6 is 0 Å². The van der Waals surface area contributed by atoms with E-state index >= 15 is 0 Å². The molecule has 0 aliphatic carbocycles. The number of benzene rings is 2. The third-order valence-electron chi connectivity index (χ3n) is 3.92. The molecule has 0 saturated carbocycles. The first-order valence-corrected chi connectivity index (χ1v) is 9.75. The molecule has 0 radical (unpaired) electrons. The van der Waals surface area contributed by atoms with E-state index in [4.69, 9.17) is 0 Å². The number of nitrogens with zero attached hydrogens (tertiary/aromatic N) is 1. The van der Waals surface area contributed by atoms with Gasteiger partial charge >= 0.3 is 6.18 Å². The summed E-state index contributed by atoms with van der Waals surface area (Å²) in [5, 5.41) is 2.66. The molecule has 0 aliphatic rings. The van der Waals surface area contributed by atoms with E-state index in [1.54, 1.807) is 26.0 Å². The zero-order chi connectivity index (χ0) is 20.4. The van der Waals surface area contributed by atoms with Gasteiger partial charge in [-0.3, -0.25) is 9.10 Å². The Morgan fingerprint density at radius 3 is 2.00 bits per heavy atom. The lowest BCUT2D eigenvalue weighted by atomic mass is 10.1. The number of nitrogens with one attached hydrogen (secondary N) is 1. The molecule has 1 amide bonds. The van der Waals surface area contributed by atoms with Crippen molar-refractivity contribution in [2.24, 2.45) is 0 Å². The predicted molar refractivity (Wildman–Crippen MR) is 98.2 cm³/mol.